The van der Waals surface area contributed by atoms with Crippen LogP contribution in [0, 0.1) is 0 Å². The Bertz CT molecular complexity index is 454. The lowest BCUT2D eigenvalue weighted by atomic mass is 9.94. The molecule has 0 aromatic carbocycles. The number of aromatic nitrogens is 2. The summed E-state index contributed by atoms with van der Waals surface area (Å²) in [6.07, 6.45) is 6.44. The van der Waals surface area contributed by atoms with E-state index < -0.39 is 5.60 Å². The summed E-state index contributed by atoms with van der Waals surface area (Å²) in [5, 5.41) is 17.1. The topological polar surface area (TPSA) is 70.1 Å². The molecule has 1 aliphatic carbocycles. The van der Waals surface area contributed by atoms with Crippen LogP contribution in [0.2, 0.25) is 0 Å². The first kappa shape index (κ1) is 16.0. The van der Waals surface area contributed by atoms with Crippen molar-refractivity contribution in [3.63, 3.8) is 0 Å². The van der Waals surface area contributed by atoms with Gasteiger partial charge in [0, 0.05) is 25.6 Å². The van der Waals surface area contributed by atoms with Gasteiger partial charge in [0.05, 0.1) is 5.60 Å². The largest absolute Gasteiger partial charge is 0.388 e. The first-order chi connectivity index (χ1) is 10.0. The SMILES string of the molecule is CNc1cc(NCC2(O)CCCCCC2)nc(C(C)C)n1. The molecular weight excluding hydrogens is 264 g/mol. The summed E-state index contributed by atoms with van der Waals surface area (Å²) in [6, 6.07) is 1.89. The van der Waals surface area contributed by atoms with E-state index in [4.69, 9.17) is 0 Å². The third-order valence-electron chi connectivity index (χ3n) is 4.15. The maximum atomic E-state index is 10.7. The van der Waals surface area contributed by atoms with Gasteiger partial charge in [-0.25, -0.2) is 9.97 Å². The Kier molecular flexibility index (Phi) is 5.39. The van der Waals surface area contributed by atoms with Gasteiger partial charge in [0.1, 0.15) is 17.5 Å². The van der Waals surface area contributed by atoms with E-state index in [9.17, 15) is 5.11 Å². The number of anilines is 2. The van der Waals surface area contributed by atoms with Gasteiger partial charge >= 0.3 is 0 Å². The van der Waals surface area contributed by atoms with Gasteiger partial charge in [-0.2, -0.15) is 0 Å². The molecule has 1 heterocycles. The van der Waals surface area contributed by atoms with Gasteiger partial charge in [-0.1, -0.05) is 39.5 Å². The smallest absolute Gasteiger partial charge is 0.135 e. The molecule has 1 aromatic rings. The summed E-state index contributed by atoms with van der Waals surface area (Å²) in [6.45, 7) is 4.72. The lowest BCUT2D eigenvalue weighted by molar-refractivity contribution is 0.0380. The number of nitrogens with zero attached hydrogens (tertiary/aromatic N) is 2. The minimum atomic E-state index is -0.598. The van der Waals surface area contributed by atoms with Crippen molar-refractivity contribution < 1.29 is 5.11 Å². The second kappa shape index (κ2) is 7.07. The Morgan fingerprint density at radius 2 is 1.76 bits per heavy atom. The Balaban J connectivity index is 2.06. The van der Waals surface area contributed by atoms with Crippen LogP contribution in [0.5, 0.6) is 0 Å². The zero-order chi connectivity index (χ0) is 15.3. The van der Waals surface area contributed by atoms with Crippen molar-refractivity contribution in [2.75, 3.05) is 24.2 Å². The molecule has 0 unspecified atom stereocenters. The van der Waals surface area contributed by atoms with Crippen molar-refractivity contribution in [3.05, 3.63) is 11.9 Å². The molecule has 0 atom stereocenters. The number of aliphatic hydroxyl groups is 1. The van der Waals surface area contributed by atoms with E-state index in [-0.39, 0.29) is 5.92 Å². The molecule has 1 saturated carbocycles. The molecule has 5 nitrogen and oxygen atoms in total. The van der Waals surface area contributed by atoms with Crippen LogP contribution in [-0.4, -0.2) is 34.3 Å². The quantitative estimate of drug-likeness (QED) is 0.727. The highest BCUT2D eigenvalue weighted by molar-refractivity contribution is 5.47. The van der Waals surface area contributed by atoms with Gasteiger partial charge in [-0.05, 0) is 12.8 Å². The summed E-state index contributed by atoms with van der Waals surface area (Å²) in [7, 11) is 1.86. The minimum absolute atomic E-state index is 0.278. The van der Waals surface area contributed by atoms with E-state index in [1.165, 1.54) is 12.8 Å². The van der Waals surface area contributed by atoms with Crippen molar-refractivity contribution >= 4 is 11.6 Å². The maximum absolute atomic E-state index is 10.7. The van der Waals surface area contributed by atoms with Crippen LogP contribution in [0.4, 0.5) is 11.6 Å². The molecule has 5 heteroatoms. The minimum Gasteiger partial charge on any atom is -0.388 e. The van der Waals surface area contributed by atoms with Crippen LogP contribution in [0.3, 0.4) is 0 Å². The van der Waals surface area contributed by atoms with Crippen molar-refractivity contribution in [1.82, 2.24) is 9.97 Å². The molecule has 118 valence electrons. The molecule has 21 heavy (non-hydrogen) atoms. The Morgan fingerprint density at radius 1 is 1.14 bits per heavy atom. The van der Waals surface area contributed by atoms with Gasteiger partial charge in [0.25, 0.3) is 0 Å². The van der Waals surface area contributed by atoms with Crippen LogP contribution in [0.25, 0.3) is 0 Å². The average molecular weight is 292 g/mol. The van der Waals surface area contributed by atoms with Crippen molar-refractivity contribution in [3.8, 4) is 0 Å². The van der Waals surface area contributed by atoms with Crippen LogP contribution < -0.4 is 10.6 Å². The van der Waals surface area contributed by atoms with Gasteiger partial charge in [-0.15, -0.1) is 0 Å². The zero-order valence-corrected chi connectivity index (χ0v) is 13.4. The highest BCUT2D eigenvalue weighted by Gasteiger charge is 2.27. The highest BCUT2D eigenvalue weighted by Crippen LogP contribution is 2.27. The standard InChI is InChI=1S/C16H28N4O/c1-12(2)15-19-13(17-3)10-14(20-15)18-11-16(21)8-6-4-5-7-9-16/h10,12,21H,4-9,11H2,1-3H3,(H2,17,18,19,20). The summed E-state index contributed by atoms with van der Waals surface area (Å²) >= 11 is 0. The summed E-state index contributed by atoms with van der Waals surface area (Å²) in [5.74, 6) is 2.69. The van der Waals surface area contributed by atoms with Gasteiger partial charge in [0.2, 0.25) is 0 Å². The molecule has 0 spiro atoms. The molecule has 0 saturated heterocycles. The van der Waals surface area contributed by atoms with Crippen molar-refractivity contribution in [2.45, 2.75) is 63.9 Å². The fourth-order valence-corrected chi connectivity index (χ4v) is 2.76. The summed E-state index contributed by atoms with van der Waals surface area (Å²) in [4.78, 5) is 9.00. The second-order valence-corrected chi connectivity index (χ2v) is 6.39. The molecular formula is C16H28N4O. The third kappa shape index (κ3) is 4.56. The number of nitrogens with one attached hydrogen (secondary N) is 2. The molecule has 0 bridgehead atoms. The predicted octanol–water partition coefficient (Wildman–Crippen LogP) is 3.14. The van der Waals surface area contributed by atoms with E-state index in [1.54, 1.807) is 0 Å². The van der Waals surface area contributed by atoms with E-state index >= 15 is 0 Å². The maximum Gasteiger partial charge on any atom is 0.135 e. The van der Waals surface area contributed by atoms with E-state index in [0.717, 1.165) is 43.1 Å². The normalized spacial score (nSPS) is 18.3. The zero-order valence-electron chi connectivity index (χ0n) is 13.4. The number of rotatable bonds is 5. The van der Waals surface area contributed by atoms with E-state index in [0.29, 0.717) is 6.54 Å². The molecule has 0 aliphatic heterocycles. The first-order valence-corrected chi connectivity index (χ1v) is 8.05. The summed E-state index contributed by atoms with van der Waals surface area (Å²) < 4.78 is 0. The van der Waals surface area contributed by atoms with Crippen molar-refractivity contribution in [1.29, 1.82) is 0 Å². The molecule has 0 radical (unpaired) electrons. The molecule has 3 N–H and O–H groups in total. The van der Waals surface area contributed by atoms with Crippen molar-refractivity contribution in [2.24, 2.45) is 0 Å². The molecule has 0 amide bonds. The first-order valence-electron chi connectivity index (χ1n) is 8.05. The lowest BCUT2D eigenvalue weighted by Gasteiger charge is -2.27. The number of hydrogen-bond donors (Lipinski definition) is 3. The fourth-order valence-electron chi connectivity index (χ4n) is 2.76. The van der Waals surface area contributed by atoms with Crippen LogP contribution in [0.1, 0.15) is 64.1 Å². The van der Waals surface area contributed by atoms with E-state index in [2.05, 4.69) is 34.4 Å². The average Bonchev–Trinajstić information content (AvgIpc) is 2.70. The predicted molar refractivity (Wildman–Crippen MR) is 86.8 cm³/mol. The Hall–Kier alpha value is -1.36. The van der Waals surface area contributed by atoms with Gasteiger partial charge in [0.15, 0.2) is 0 Å². The van der Waals surface area contributed by atoms with Crippen LogP contribution in [0.15, 0.2) is 6.07 Å². The Labute approximate surface area is 127 Å². The highest BCUT2D eigenvalue weighted by atomic mass is 16.3. The monoisotopic (exact) mass is 292 g/mol. The molecule has 2 rings (SSSR count). The van der Waals surface area contributed by atoms with Gasteiger partial charge < -0.3 is 15.7 Å². The fraction of sp³-hybridized carbons (Fsp3) is 0.750. The van der Waals surface area contributed by atoms with Crippen LogP contribution in [-0.2, 0) is 0 Å². The Morgan fingerprint density at radius 3 is 2.33 bits per heavy atom. The second-order valence-electron chi connectivity index (χ2n) is 6.39. The molecule has 1 aromatic heterocycles. The third-order valence-corrected chi connectivity index (χ3v) is 4.15. The lowest BCUT2D eigenvalue weighted by Crippen LogP contribution is -2.36. The molecule has 1 aliphatic rings. The van der Waals surface area contributed by atoms with E-state index in [1.807, 2.05) is 13.1 Å². The molecule has 1 fully saturated rings. The summed E-state index contributed by atoms with van der Waals surface area (Å²) in [5.41, 5.74) is -0.598. The number of hydrogen-bond acceptors (Lipinski definition) is 5. The van der Waals surface area contributed by atoms with Gasteiger partial charge in [-0.3, -0.25) is 0 Å². The van der Waals surface area contributed by atoms with Crippen LogP contribution >= 0.6 is 0 Å².